The summed E-state index contributed by atoms with van der Waals surface area (Å²) in [5.41, 5.74) is -0.148. The van der Waals surface area contributed by atoms with Crippen molar-refractivity contribution in [2.24, 2.45) is 5.92 Å². The molecule has 0 fully saturated rings. The van der Waals surface area contributed by atoms with E-state index in [0.717, 1.165) is 0 Å². The molecule has 14 heavy (non-hydrogen) atoms. The van der Waals surface area contributed by atoms with Gasteiger partial charge < -0.3 is 9.84 Å². The molecule has 6 heteroatoms. The fraction of sp³-hybridized carbons (Fsp3) is 0.500. The summed E-state index contributed by atoms with van der Waals surface area (Å²) in [6.45, 7) is 4.39. The maximum atomic E-state index is 10.6. The molecule has 0 atom stereocenters. The van der Waals surface area contributed by atoms with Crippen molar-refractivity contribution in [3.8, 4) is 5.88 Å². The molecule has 0 spiro atoms. The molecule has 0 aliphatic carbocycles. The van der Waals surface area contributed by atoms with Crippen LogP contribution in [0.4, 0.5) is 0 Å². The summed E-state index contributed by atoms with van der Waals surface area (Å²) in [6.07, 6.45) is 0. The fourth-order valence-electron chi connectivity index (χ4n) is 0.795. The number of hydrogen-bond acceptors (Lipinski definition) is 3. The number of nitrogens with one attached hydrogen (secondary N) is 1. The van der Waals surface area contributed by atoms with Gasteiger partial charge in [-0.05, 0) is 5.92 Å². The second-order valence-electron chi connectivity index (χ2n) is 3.23. The number of H-pyrrole nitrogens is 1. The van der Waals surface area contributed by atoms with Crippen LogP contribution in [0.3, 0.4) is 0 Å². The molecule has 0 saturated carbocycles. The Kier molecular flexibility index (Phi) is 3.35. The van der Waals surface area contributed by atoms with Crippen molar-refractivity contribution in [3.05, 3.63) is 10.7 Å². The second kappa shape index (κ2) is 4.32. The number of rotatable bonds is 4. The van der Waals surface area contributed by atoms with Crippen molar-refractivity contribution < 1.29 is 14.6 Å². The molecule has 1 heterocycles. The highest BCUT2D eigenvalue weighted by Crippen LogP contribution is 2.25. The smallest absolute Gasteiger partial charge is 0.355 e. The Hall–Kier alpha value is -1.23. The van der Waals surface area contributed by atoms with Crippen LogP contribution in [0.15, 0.2) is 0 Å². The van der Waals surface area contributed by atoms with Gasteiger partial charge in [0.15, 0.2) is 5.69 Å². The van der Waals surface area contributed by atoms with Gasteiger partial charge in [-0.1, -0.05) is 25.4 Å². The highest BCUT2D eigenvalue weighted by atomic mass is 35.5. The van der Waals surface area contributed by atoms with Gasteiger partial charge in [0.05, 0.1) is 6.61 Å². The first kappa shape index (κ1) is 10.8. The monoisotopic (exact) mass is 218 g/mol. The zero-order valence-electron chi connectivity index (χ0n) is 7.87. The van der Waals surface area contributed by atoms with Gasteiger partial charge in [0.25, 0.3) is 5.88 Å². The van der Waals surface area contributed by atoms with E-state index in [-0.39, 0.29) is 16.6 Å². The molecule has 0 amide bonds. The van der Waals surface area contributed by atoms with E-state index in [1.54, 1.807) is 0 Å². The Morgan fingerprint density at radius 1 is 1.71 bits per heavy atom. The SMILES string of the molecule is CC(C)COc1n[nH]c(C(=O)O)c1Cl. The molecule has 1 rings (SSSR count). The highest BCUT2D eigenvalue weighted by Gasteiger charge is 2.17. The van der Waals surface area contributed by atoms with Gasteiger partial charge in [-0.3, -0.25) is 5.10 Å². The van der Waals surface area contributed by atoms with E-state index in [4.69, 9.17) is 21.4 Å². The third-order valence-electron chi connectivity index (χ3n) is 1.44. The van der Waals surface area contributed by atoms with Crippen LogP contribution in [-0.2, 0) is 0 Å². The van der Waals surface area contributed by atoms with Gasteiger partial charge >= 0.3 is 5.97 Å². The molecule has 0 aliphatic rings. The average molecular weight is 219 g/mol. The first-order chi connectivity index (χ1) is 6.52. The zero-order valence-corrected chi connectivity index (χ0v) is 8.63. The molecule has 5 nitrogen and oxygen atoms in total. The van der Waals surface area contributed by atoms with Gasteiger partial charge in [0.2, 0.25) is 0 Å². The minimum atomic E-state index is -1.15. The summed E-state index contributed by atoms with van der Waals surface area (Å²) in [7, 11) is 0. The van der Waals surface area contributed by atoms with Gasteiger partial charge in [0, 0.05) is 0 Å². The summed E-state index contributed by atoms with van der Waals surface area (Å²) in [6, 6.07) is 0. The Bertz CT molecular complexity index is 335. The van der Waals surface area contributed by atoms with Gasteiger partial charge in [-0.2, -0.15) is 0 Å². The number of halogens is 1. The number of ether oxygens (including phenoxy) is 1. The molecule has 0 aliphatic heterocycles. The molecule has 0 radical (unpaired) electrons. The molecular weight excluding hydrogens is 208 g/mol. The van der Waals surface area contributed by atoms with Crippen LogP contribution in [0.2, 0.25) is 5.02 Å². The van der Waals surface area contributed by atoms with Crippen LogP contribution in [0.1, 0.15) is 24.3 Å². The molecular formula is C8H11ClN2O3. The van der Waals surface area contributed by atoms with Gasteiger partial charge in [-0.25, -0.2) is 4.79 Å². The maximum absolute atomic E-state index is 10.6. The Labute approximate surface area is 86.0 Å². The lowest BCUT2D eigenvalue weighted by Crippen LogP contribution is -2.05. The number of carboxylic acid groups (broad SMARTS) is 1. The molecule has 0 bridgehead atoms. The first-order valence-corrected chi connectivity index (χ1v) is 4.50. The summed E-state index contributed by atoms with van der Waals surface area (Å²) >= 11 is 5.70. The summed E-state index contributed by atoms with van der Waals surface area (Å²) in [5.74, 6) is -0.685. The normalized spacial score (nSPS) is 10.6. The number of carbonyl (C=O) groups is 1. The standard InChI is InChI=1S/C8H11ClN2O3/c1-4(2)3-14-7-5(9)6(8(12)13)10-11-7/h4H,3H2,1-2H3,(H,10,11)(H,12,13). The summed E-state index contributed by atoms with van der Waals surface area (Å²) in [5, 5.41) is 14.6. The topological polar surface area (TPSA) is 75.2 Å². The van der Waals surface area contributed by atoms with Crippen molar-refractivity contribution >= 4 is 17.6 Å². The van der Waals surface area contributed by atoms with Gasteiger partial charge in [0.1, 0.15) is 5.02 Å². The zero-order chi connectivity index (χ0) is 10.7. The fourth-order valence-corrected chi connectivity index (χ4v) is 1.01. The lowest BCUT2D eigenvalue weighted by atomic mass is 10.2. The Morgan fingerprint density at radius 3 is 2.79 bits per heavy atom. The Morgan fingerprint density at radius 2 is 2.36 bits per heavy atom. The molecule has 2 N–H and O–H groups in total. The lowest BCUT2D eigenvalue weighted by Gasteiger charge is -2.04. The predicted molar refractivity (Wildman–Crippen MR) is 50.9 cm³/mol. The van der Waals surface area contributed by atoms with Crippen LogP contribution >= 0.6 is 11.6 Å². The van der Waals surface area contributed by atoms with Crippen molar-refractivity contribution in [1.29, 1.82) is 0 Å². The summed E-state index contributed by atoms with van der Waals surface area (Å²) < 4.78 is 5.19. The number of carboxylic acids is 1. The molecule has 1 aromatic heterocycles. The number of aromatic nitrogens is 2. The van der Waals surface area contributed by atoms with Crippen molar-refractivity contribution in [1.82, 2.24) is 10.2 Å². The Balaban J connectivity index is 2.74. The van der Waals surface area contributed by atoms with Crippen molar-refractivity contribution in [2.45, 2.75) is 13.8 Å². The van der Waals surface area contributed by atoms with E-state index in [0.29, 0.717) is 12.5 Å². The molecule has 0 saturated heterocycles. The third-order valence-corrected chi connectivity index (χ3v) is 1.79. The van der Waals surface area contributed by atoms with E-state index >= 15 is 0 Å². The van der Waals surface area contributed by atoms with Crippen molar-refractivity contribution in [2.75, 3.05) is 6.61 Å². The van der Waals surface area contributed by atoms with Crippen LogP contribution in [0, 0.1) is 5.92 Å². The minimum absolute atomic E-state index is 0.0122. The van der Waals surface area contributed by atoms with Crippen LogP contribution in [-0.4, -0.2) is 27.9 Å². The molecule has 1 aromatic rings. The van der Waals surface area contributed by atoms with Crippen molar-refractivity contribution in [3.63, 3.8) is 0 Å². The lowest BCUT2D eigenvalue weighted by molar-refractivity contribution is 0.0690. The van der Waals surface area contributed by atoms with E-state index in [2.05, 4.69) is 10.2 Å². The van der Waals surface area contributed by atoms with E-state index < -0.39 is 5.97 Å². The molecule has 0 unspecified atom stereocenters. The number of hydrogen-bond donors (Lipinski definition) is 2. The van der Waals surface area contributed by atoms with Crippen LogP contribution < -0.4 is 4.74 Å². The summed E-state index contributed by atoms with van der Waals surface area (Å²) in [4.78, 5) is 10.6. The number of aromatic carboxylic acids is 1. The highest BCUT2D eigenvalue weighted by molar-refractivity contribution is 6.34. The average Bonchev–Trinajstić information content (AvgIpc) is 2.43. The second-order valence-corrected chi connectivity index (χ2v) is 3.61. The third kappa shape index (κ3) is 2.38. The number of aromatic amines is 1. The van der Waals surface area contributed by atoms with E-state index in [9.17, 15) is 4.79 Å². The van der Waals surface area contributed by atoms with Crippen LogP contribution in [0.5, 0.6) is 5.88 Å². The van der Waals surface area contributed by atoms with Gasteiger partial charge in [-0.15, -0.1) is 5.10 Å². The molecule has 0 aromatic carbocycles. The predicted octanol–water partition coefficient (Wildman–Crippen LogP) is 1.80. The number of nitrogens with zero attached hydrogens (tertiary/aromatic N) is 1. The largest absolute Gasteiger partial charge is 0.476 e. The quantitative estimate of drug-likeness (QED) is 0.808. The molecule has 78 valence electrons. The van der Waals surface area contributed by atoms with E-state index in [1.807, 2.05) is 13.8 Å². The van der Waals surface area contributed by atoms with E-state index in [1.165, 1.54) is 0 Å². The minimum Gasteiger partial charge on any atom is -0.476 e. The first-order valence-electron chi connectivity index (χ1n) is 4.12. The maximum Gasteiger partial charge on any atom is 0.355 e. The van der Waals surface area contributed by atoms with Crippen LogP contribution in [0.25, 0.3) is 0 Å².